The molecule has 0 atom stereocenters. The number of nitrogen functional groups attached to an aromatic ring is 1. The summed E-state index contributed by atoms with van der Waals surface area (Å²) in [6, 6.07) is 9.80. The van der Waals surface area contributed by atoms with E-state index < -0.39 is 5.82 Å². The first-order chi connectivity index (χ1) is 10.1. The van der Waals surface area contributed by atoms with Gasteiger partial charge >= 0.3 is 0 Å². The average molecular weight is 304 g/mol. The van der Waals surface area contributed by atoms with Crippen LogP contribution >= 0.6 is 11.6 Å². The van der Waals surface area contributed by atoms with Crippen molar-refractivity contribution in [3.05, 3.63) is 52.8 Å². The third-order valence-electron chi connectivity index (χ3n) is 3.24. The molecule has 0 spiro atoms. The van der Waals surface area contributed by atoms with E-state index in [9.17, 15) is 4.39 Å². The fourth-order valence-corrected chi connectivity index (χ4v) is 2.34. The zero-order valence-electron chi connectivity index (χ0n) is 11.1. The molecule has 0 fully saturated rings. The molecule has 0 aliphatic rings. The van der Waals surface area contributed by atoms with Gasteiger partial charge in [0.25, 0.3) is 0 Å². The van der Waals surface area contributed by atoms with Crippen LogP contribution in [0.4, 0.5) is 10.1 Å². The number of rotatable bonds is 2. The van der Waals surface area contributed by atoms with Gasteiger partial charge < -0.3 is 5.73 Å². The smallest absolute Gasteiger partial charge is 0.187 e. The number of tetrazole rings is 1. The molecule has 3 rings (SSSR count). The molecule has 0 aliphatic carbocycles. The van der Waals surface area contributed by atoms with Crippen LogP contribution in [-0.4, -0.2) is 20.2 Å². The Bertz CT molecular complexity index is 795. The Labute approximate surface area is 125 Å². The molecule has 3 aromatic rings. The topological polar surface area (TPSA) is 69.6 Å². The minimum Gasteiger partial charge on any atom is -0.398 e. The Kier molecular flexibility index (Phi) is 3.31. The Morgan fingerprint density at radius 1 is 1.19 bits per heavy atom. The molecule has 1 aromatic heterocycles. The first kappa shape index (κ1) is 13.5. The van der Waals surface area contributed by atoms with Gasteiger partial charge in [-0.1, -0.05) is 29.8 Å². The minimum absolute atomic E-state index is 0.112. The van der Waals surface area contributed by atoms with E-state index in [1.54, 1.807) is 18.2 Å². The van der Waals surface area contributed by atoms with Crippen LogP contribution in [0.15, 0.2) is 36.4 Å². The molecule has 0 aliphatic heterocycles. The SMILES string of the molecule is Cc1c(N)cccc1-c1nnnn1-c1c(F)cccc1Cl. The first-order valence-corrected chi connectivity index (χ1v) is 6.55. The minimum atomic E-state index is -0.502. The van der Waals surface area contributed by atoms with Crippen LogP contribution < -0.4 is 5.73 Å². The molecule has 21 heavy (non-hydrogen) atoms. The van der Waals surface area contributed by atoms with Gasteiger partial charge in [0.2, 0.25) is 0 Å². The molecule has 0 amide bonds. The summed E-state index contributed by atoms with van der Waals surface area (Å²) in [6.07, 6.45) is 0. The third kappa shape index (κ3) is 2.23. The van der Waals surface area contributed by atoms with Gasteiger partial charge in [-0.05, 0) is 41.1 Å². The number of hydrogen-bond acceptors (Lipinski definition) is 4. The van der Waals surface area contributed by atoms with Crippen molar-refractivity contribution in [3.8, 4) is 17.1 Å². The highest BCUT2D eigenvalue weighted by molar-refractivity contribution is 6.32. The molecular weight excluding hydrogens is 293 g/mol. The Morgan fingerprint density at radius 3 is 2.71 bits per heavy atom. The van der Waals surface area contributed by atoms with Crippen molar-refractivity contribution in [2.75, 3.05) is 5.73 Å². The van der Waals surface area contributed by atoms with Crippen LogP contribution in [-0.2, 0) is 0 Å². The average Bonchev–Trinajstić information content (AvgIpc) is 2.91. The van der Waals surface area contributed by atoms with Crippen LogP contribution in [0.5, 0.6) is 0 Å². The molecule has 0 saturated carbocycles. The third-order valence-corrected chi connectivity index (χ3v) is 3.54. The van der Waals surface area contributed by atoms with Crippen LogP contribution in [0.1, 0.15) is 5.56 Å². The first-order valence-electron chi connectivity index (χ1n) is 6.18. The van der Waals surface area contributed by atoms with E-state index in [1.165, 1.54) is 16.8 Å². The monoisotopic (exact) mass is 303 g/mol. The van der Waals surface area contributed by atoms with Gasteiger partial charge in [-0.15, -0.1) is 5.10 Å². The summed E-state index contributed by atoms with van der Waals surface area (Å²) in [6.45, 7) is 1.85. The molecule has 0 unspecified atom stereocenters. The lowest BCUT2D eigenvalue weighted by Gasteiger charge is -2.10. The van der Waals surface area contributed by atoms with E-state index in [1.807, 2.05) is 13.0 Å². The molecule has 0 saturated heterocycles. The maximum absolute atomic E-state index is 14.1. The number of nitrogens with two attached hydrogens (primary N) is 1. The van der Waals surface area contributed by atoms with Gasteiger partial charge in [0.15, 0.2) is 11.6 Å². The summed E-state index contributed by atoms with van der Waals surface area (Å²) in [7, 11) is 0. The highest BCUT2D eigenvalue weighted by atomic mass is 35.5. The normalized spacial score (nSPS) is 10.8. The molecule has 0 bridgehead atoms. The number of benzene rings is 2. The lowest BCUT2D eigenvalue weighted by Crippen LogP contribution is -2.05. The number of anilines is 1. The molecule has 2 N–H and O–H groups in total. The van der Waals surface area contributed by atoms with Gasteiger partial charge in [0, 0.05) is 11.3 Å². The van der Waals surface area contributed by atoms with Crippen LogP contribution in [0.3, 0.4) is 0 Å². The number of para-hydroxylation sites is 1. The zero-order valence-corrected chi connectivity index (χ0v) is 11.8. The molecule has 1 heterocycles. The van der Waals surface area contributed by atoms with E-state index in [-0.39, 0.29) is 10.7 Å². The second-order valence-electron chi connectivity index (χ2n) is 4.50. The van der Waals surface area contributed by atoms with Crippen molar-refractivity contribution in [1.29, 1.82) is 0 Å². The number of nitrogens with zero attached hydrogens (tertiary/aromatic N) is 4. The van der Waals surface area contributed by atoms with E-state index in [2.05, 4.69) is 15.5 Å². The standard InChI is InChI=1S/C14H11ClFN5/c1-8-9(4-2-7-12(8)17)14-18-19-20-21(14)13-10(15)5-3-6-11(13)16/h2-7H,17H2,1H3. The number of halogens is 2. The fraction of sp³-hybridized carbons (Fsp3) is 0.0714. The van der Waals surface area contributed by atoms with Crippen molar-refractivity contribution in [1.82, 2.24) is 20.2 Å². The van der Waals surface area contributed by atoms with Gasteiger partial charge in [0.05, 0.1) is 5.02 Å². The van der Waals surface area contributed by atoms with Crippen LogP contribution in [0, 0.1) is 12.7 Å². The summed E-state index contributed by atoms with van der Waals surface area (Å²) in [4.78, 5) is 0. The van der Waals surface area contributed by atoms with Gasteiger partial charge in [0.1, 0.15) is 5.69 Å². The van der Waals surface area contributed by atoms with Crippen LogP contribution in [0.25, 0.3) is 17.1 Å². The zero-order chi connectivity index (χ0) is 15.0. The summed E-state index contributed by atoms with van der Waals surface area (Å²) in [5.74, 6) is -0.121. The van der Waals surface area contributed by atoms with Gasteiger partial charge in [-0.25, -0.2) is 4.39 Å². The molecular formula is C14H11ClFN5. The predicted molar refractivity (Wildman–Crippen MR) is 78.7 cm³/mol. The molecule has 0 radical (unpaired) electrons. The van der Waals surface area contributed by atoms with E-state index in [0.29, 0.717) is 11.5 Å². The van der Waals surface area contributed by atoms with Gasteiger partial charge in [-0.2, -0.15) is 4.68 Å². The van der Waals surface area contributed by atoms with Crippen molar-refractivity contribution in [3.63, 3.8) is 0 Å². The highest BCUT2D eigenvalue weighted by Crippen LogP contribution is 2.29. The summed E-state index contributed by atoms with van der Waals surface area (Å²) in [5, 5.41) is 11.7. The van der Waals surface area contributed by atoms with E-state index in [0.717, 1.165) is 11.1 Å². The molecule has 2 aromatic carbocycles. The lowest BCUT2D eigenvalue weighted by molar-refractivity contribution is 0.608. The Balaban J connectivity index is 2.25. The predicted octanol–water partition coefficient (Wildman–Crippen LogP) is 3.01. The highest BCUT2D eigenvalue weighted by Gasteiger charge is 2.18. The second kappa shape index (κ2) is 5.14. The Morgan fingerprint density at radius 2 is 1.95 bits per heavy atom. The van der Waals surface area contributed by atoms with Crippen molar-refractivity contribution >= 4 is 17.3 Å². The van der Waals surface area contributed by atoms with Crippen LogP contribution in [0.2, 0.25) is 5.02 Å². The van der Waals surface area contributed by atoms with E-state index >= 15 is 0 Å². The van der Waals surface area contributed by atoms with Gasteiger partial charge in [-0.3, -0.25) is 0 Å². The van der Waals surface area contributed by atoms with Crippen molar-refractivity contribution in [2.45, 2.75) is 6.92 Å². The summed E-state index contributed by atoms with van der Waals surface area (Å²) < 4.78 is 15.3. The lowest BCUT2D eigenvalue weighted by atomic mass is 10.1. The largest absolute Gasteiger partial charge is 0.398 e. The second-order valence-corrected chi connectivity index (χ2v) is 4.91. The fourth-order valence-electron chi connectivity index (χ4n) is 2.09. The Hall–Kier alpha value is -2.47. The molecule has 106 valence electrons. The van der Waals surface area contributed by atoms with Crippen molar-refractivity contribution in [2.24, 2.45) is 0 Å². The van der Waals surface area contributed by atoms with E-state index in [4.69, 9.17) is 17.3 Å². The number of hydrogen-bond donors (Lipinski definition) is 1. The maximum atomic E-state index is 14.1. The van der Waals surface area contributed by atoms with Crippen molar-refractivity contribution < 1.29 is 4.39 Å². The summed E-state index contributed by atoms with van der Waals surface area (Å²) in [5.41, 5.74) is 8.16. The number of aromatic nitrogens is 4. The molecule has 5 nitrogen and oxygen atoms in total. The molecule has 7 heteroatoms. The summed E-state index contributed by atoms with van der Waals surface area (Å²) >= 11 is 6.07. The maximum Gasteiger partial charge on any atom is 0.187 e. The quantitative estimate of drug-likeness (QED) is 0.739.